The molecule has 1 aromatic heterocycles. The van der Waals surface area contributed by atoms with Gasteiger partial charge >= 0.3 is 0 Å². The van der Waals surface area contributed by atoms with Crippen molar-refractivity contribution in [1.29, 1.82) is 0 Å². The van der Waals surface area contributed by atoms with Gasteiger partial charge in [-0.05, 0) is 19.4 Å². The van der Waals surface area contributed by atoms with Crippen molar-refractivity contribution in [3.63, 3.8) is 0 Å². The number of halogens is 1. The second-order valence-electron chi connectivity index (χ2n) is 2.86. The van der Waals surface area contributed by atoms with Crippen LogP contribution in [-0.4, -0.2) is 17.8 Å². The zero-order valence-electron chi connectivity index (χ0n) is 7.42. The Labute approximate surface area is 82.1 Å². The van der Waals surface area contributed by atoms with Gasteiger partial charge in [-0.3, -0.25) is 4.79 Å². The van der Waals surface area contributed by atoms with Gasteiger partial charge in [0.2, 0.25) is 0 Å². The van der Waals surface area contributed by atoms with Gasteiger partial charge in [-0.1, -0.05) is 0 Å². The van der Waals surface area contributed by atoms with Crippen LogP contribution in [0.1, 0.15) is 23.7 Å². The van der Waals surface area contributed by atoms with E-state index >= 15 is 0 Å². The van der Waals surface area contributed by atoms with Gasteiger partial charge in [-0.2, -0.15) is 0 Å². The fourth-order valence-electron chi connectivity index (χ4n) is 0.937. The van der Waals surface area contributed by atoms with Gasteiger partial charge in [0.1, 0.15) is 6.26 Å². The zero-order valence-corrected chi connectivity index (χ0v) is 8.17. The first kappa shape index (κ1) is 10.1. The van der Waals surface area contributed by atoms with Crippen LogP contribution in [0.5, 0.6) is 0 Å². The largest absolute Gasteiger partial charge is 0.472 e. The maximum absolute atomic E-state index is 11.4. The summed E-state index contributed by atoms with van der Waals surface area (Å²) in [5.74, 6) is 0.429. The quantitative estimate of drug-likeness (QED) is 0.758. The lowest BCUT2D eigenvalue weighted by Gasteiger charge is -2.10. The molecule has 0 aliphatic carbocycles. The van der Waals surface area contributed by atoms with Crippen LogP contribution in [-0.2, 0) is 0 Å². The van der Waals surface area contributed by atoms with E-state index in [0.717, 1.165) is 6.42 Å². The Balaban J connectivity index is 2.42. The molecule has 72 valence electrons. The van der Waals surface area contributed by atoms with Crippen LogP contribution in [0.4, 0.5) is 0 Å². The molecule has 0 radical (unpaired) electrons. The van der Waals surface area contributed by atoms with Crippen LogP contribution in [0.25, 0.3) is 0 Å². The summed E-state index contributed by atoms with van der Waals surface area (Å²) in [4.78, 5) is 11.4. The monoisotopic (exact) mass is 201 g/mol. The van der Waals surface area contributed by atoms with Crippen LogP contribution in [0.15, 0.2) is 23.0 Å². The van der Waals surface area contributed by atoms with Crippen molar-refractivity contribution in [2.75, 3.05) is 5.88 Å². The normalized spacial score (nSPS) is 12.5. The fourth-order valence-corrected chi connectivity index (χ4v) is 1.26. The number of hydrogen-bond donors (Lipinski definition) is 1. The Morgan fingerprint density at radius 2 is 2.54 bits per heavy atom. The van der Waals surface area contributed by atoms with Crippen LogP contribution >= 0.6 is 11.6 Å². The Morgan fingerprint density at radius 3 is 3.08 bits per heavy atom. The minimum atomic E-state index is -0.119. The molecule has 0 bridgehead atoms. The van der Waals surface area contributed by atoms with Crippen LogP contribution in [0.2, 0.25) is 0 Å². The zero-order chi connectivity index (χ0) is 9.68. The summed E-state index contributed by atoms with van der Waals surface area (Å²) in [6.07, 6.45) is 3.66. The molecule has 13 heavy (non-hydrogen) atoms. The van der Waals surface area contributed by atoms with Crippen molar-refractivity contribution < 1.29 is 9.21 Å². The highest BCUT2D eigenvalue weighted by Crippen LogP contribution is 2.01. The van der Waals surface area contributed by atoms with E-state index in [-0.39, 0.29) is 11.9 Å². The summed E-state index contributed by atoms with van der Waals surface area (Å²) in [6, 6.07) is 1.72. The standard InChI is InChI=1S/C9H12ClNO2/c1-7(2-4-10)11-9(12)8-3-5-13-6-8/h3,5-7H,2,4H2,1H3,(H,11,12). The Morgan fingerprint density at radius 1 is 1.77 bits per heavy atom. The number of hydrogen-bond acceptors (Lipinski definition) is 2. The van der Waals surface area contributed by atoms with Gasteiger partial charge in [0, 0.05) is 11.9 Å². The van der Waals surface area contributed by atoms with Crippen molar-refractivity contribution >= 4 is 17.5 Å². The van der Waals surface area contributed by atoms with Crippen LogP contribution in [0, 0.1) is 0 Å². The Kier molecular flexibility index (Phi) is 3.83. The summed E-state index contributed by atoms with van der Waals surface area (Å²) < 4.78 is 4.79. The van der Waals surface area contributed by atoms with Crippen molar-refractivity contribution in [2.45, 2.75) is 19.4 Å². The molecule has 1 N–H and O–H groups in total. The average molecular weight is 202 g/mol. The Hall–Kier alpha value is -0.960. The molecule has 0 saturated heterocycles. The van der Waals surface area contributed by atoms with E-state index in [1.807, 2.05) is 6.92 Å². The second-order valence-corrected chi connectivity index (χ2v) is 3.24. The van der Waals surface area contributed by atoms with Crippen molar-refractivity contribution in [3.8, 4) is 0 Å². The first-order valence-corrected chi connectivity index (χ1v) is 4.66. The molecular formula is C9H12ClNO2. The minimum Gasteiger partial charge on any atom is -0.472 e. The molecule has 0 aromatic carbocycles. The molecule has 1 atom stereocenters. The fraction of sp³-hybridized carbons (Fsp3) is 0.444. The van der Waals surface area contributed by atoms with Crippen molar-refractivity contribution in [1.82, 2.24) is 5.32 Å². The topological polar surface area (TPSA) is 42.2 Å². The molecule has 0 aliphatic heterocycles. The highest BCUT2D eigenvalue weighted by molar-refractivity contribution is 6.17. The average Bonchev–Trinajstić information content (AvgIpc) is 2.55. The number of alkyl halides is 1. The van der Waals surface area contributed by atoms with Crippen molar-refractivity contribution in [3.05, 3.63) is 24.2 Å². The highest BCUT2D eigenvalue weighted by atomic mass is 35.5. The third-order valence-corrected chi connectivity index (χ3v) is 1.92. The Bertz CT molecular complexity index is 259. The highest BCUT2D eigenvalue weighted by Gasteiger charge is 2.09. The number of nitrogens with one attached hydrogen (secondary N) is 1. The molecule has 1 rings (SSSR count). The van der Waals surface area contributed by atoms with Gasteiger partial charge in [0.15, 0.2) is 0 Å². The molecule has 1 unspecified atom stereocenters. The molecule has 1 amide bonds. The molecular weight excluding hydrogens is 190 g/mol. The molecule has 1 aromatic rings. The summed E-state index contributed by atoms with van der Waals surface area (Å²) in [5.41, 5.74) is 0.543. The van der Waals surface area contributed by atoms with E-state index in [2.05, 4.69) is 5.32 Å². The predicted molar refractivity (Wildman–Crippen MR) is 51.0 cm³/mol. The summed E-state index contributed by atoms with van der Waals surface area (Å²) in [5, 5.41) is 2.80. The smallest absolute Gasteiger partial charge is 0.254 e. The molecule has 0 spiro atoms. The lowest BCUT2D eigenvalue weighted by molar-refractivity contribution is 0.0939. The molecule has 3 nitrogen and oxygen atoms in total. The maximum Gasteiger partial charge on any atom is 0.254 e. The minimum absolute atomic E-state index is 0.0971. The number of furan rings is 1. The number of carbonyl (C=O) groups excluding carboxylic acids is 1. The summed E-state index contributed by atoms with van der Waals surface area (Å²) in [7, 11) is 0. The molecule has 0 aliphatic rings. The lowest BCUT2D eigenvalue weighted by Crippen LogP contribution is -2.32. The van der Waals surface area contributed by atoms with Crippen molar-refractivity contribution in [2.24, 2.45) is 0 Å². The predicted octanol–water partition coefficient (Wildman–Crippen LogP) is 2.03. The summed E-state index contributed by atoms with van der Waals surface area (Å²) in [6.45, 7) is 1.92. The third-order valence-electron chi connectivity index (χ3n) is 1.70. The second kappa shape index (κ2) is 4.92. The lowest BCUT2D eigenvalue weighted by atomic mass is 10.2. The molecule has 4 heteroatoms. The van der Waals surface area contributed by atoms with Gasteiger partial charge < -0.3 is 9.73 Å². The van der Waals surface area contributed by atoms with E-state index in [9.17, 15) is 4.79 Å². The van der Waals surface area contributed by atoms with Gasteiger partial charge in [0.05, 0.1) is 11.8 Å². The van der Waals surface area contributed by atoms with Gasteiger partial charge in [0.25, 0.3) is 5.91 Å². The van der Waals surface area contributed by atoms with E-state index in [1.165, 1.54) is 12.5 Å². The number of carbonyl (C=O) groups is 1. The van der Waals surface area contributed by atoms with Gasteiger partial charge in [-0.25, -0.2) is 0 Å². The molecule has 0 fully saturated rings. The summed E-state index contributed by atoms with van der Waals surface area (Å²) >= 11 is 5.53. The first-order valence-electron chi connectivity index (χ1n) is 4.13. The first-order chi connectivity index (χ1) is 6.24. The molecule has 1 heterocycles. The van der Waals surface area contributed by atoms with E-state index < -0.39 is 0 Å². The van der Waals surface area contributed by atoms with Crippen LogP contribution in [0.3, 0.4) is 0 Å². The van der Waals surface area contributed by atoms with E-state index in [0.29, 0.717) is 11.4 Å². The van der Waals surface area contributed by atoms with E-state index in [4.69, 9.17) is 16.0 Å². The van der Waals surface area contributed by atoms with Gasteiger partial charge in [-0.15, -0.1) is 11.6 Å². The van der Waals surface area contributed by atoms with Crippen LogP contribution < -0.4 is 5.32 Å². The van der Waals surface area contributed by atoms with E-state index in [1.54, 1.807) is 6.07 Å². The third kappa shape index (κ3) is 3.11. The maximum atomic E-state index is 11.4. The molecule has 0 saturated carbocycles. The number of rotatable bonds is 4. The SMILES string of the molecule is CC(CCCl)NC(=O)c1ccoc1. The number of amides is 1.